The molecule has 0 unspecified atom stereocenters. The minimum absolute atomic E-state index is 0.0581. The minimum Gasteiger partial charge on any atom is -0.353 e. The molecule has 0 aliphatic heterocycles. The summed E-state index contributed by atoms with van der Waals surface area (Å²) in [5.74, 6) is -0.804. The lowest BCUT2D eigenvalue weighted by Crippen LogP contribution is -2.43. The number of likely N-dealkylation sites (N-methyl/N-ethyl adjacent to an activating group) is 1. The van der Waals surface area contributed by atoms with Gasteiger partial charge in [-0.3, -0.25) is 9.59 Å². The monoisotopic (exact) mass is 398 g/mol. The van der Waals surface area contributed by atoms with Gasteiger partial charge in [-0.2, -0.15) is 4.31 Å². The predicted octanol–water partition coefficient (Wildman–Crippen LogP) is 0.561. The third kappa shape index (κ3) is 6.93. The van der Waals surface area contributed by atoms with Gasteiger partial charge in [-0.1, -0.05) is 26.8 Å². The maximum atomic E-state index is 12.6. The third-order valence-electron chi connectivity index (χ3n) is 4.01. The second kappa shape index (κ2) is 11.0. The molecule has 0 aliphatic carbocycles. The first-order chi connectivity index (χ1) is 12.8. The summed E-state index contributed by atoms with van der Waals surface area (Å²) in [6.45, 7) is 9.23. The Morgan fingerprint density at radius 2 is 1.78 bits per heavy atom. The number of hydrogen-bond donors (Lipinski definition) is 3. The van der Waals surface area contributed by atoms with Gasteiger partial charge in [-0.15, -0.1) is 0 Å². The summed E-state index contributed by atoms with van der Waals surface area (Å²) in [6, 6.07) is 5.95. The molecule has 0 radical (unpaired) electrons. The van der Waals surface area contributed by atoms with Crippen LogP contribution >= 0.6 is 0 Å². The number of amides is 2. The van der Waals surface area contributed by atoms with Crippen LogP contribution in [0.3, 0.4) is 0 Å². The van der Waals surface area contributed by atoms with E-state index in [0.29, 0.717) is 19.6 Å². The Hall–Kier alpha value is -1.97. The Bertz CT molecular complexity index is 733. The van der Waals surface area contributed by atoms with Gasteiger partial charge in [0, 0.05) is 31.2 Å². The molecule has 0 aliphatic rings. The first kappa shape index (κ1) is 23.1. The molecule has 1 aromatic rings. The van der Waals surface area contributed by atoms with Gasteiger partial charge in [0.05, 0.1) is 11.4 Å². The molecule has 0 bridgehead atoms. The van der Waals surface area contributed by atoms with Gasteiger partial charge >= 0.3 is 0 Å². The SMILES string of the molecule is CCN[C@H](C)CNC(=O)CNC(=O)c1cccc(S(=O)(=O)N(CC)CC)c1. The van der Waals surface area contributed by atoms with Crippen LogP contribution in [0.1, 0.15) is 38.1 Å². The lowest BCUT2D eigenvalue weighted by atomic mass is 10.2. The number of nitrogens with one attached hydrogen (secondary N) is 3. The van der Waals surface area contributed by atoms with Crippen molar-refractivity contribution in [2.24, 2.45) is 0 Å². The molecule has 0 heterocycles. The molecule has 0 fully saturated rings. The normalized spacial score (nSPS) is 12.6. The fraction of sp³-hybridized carbons (Fsp3) is 0.556. The van der Waals surface area contributed by atoms with Crippen molar-refractivity contribution in [3.05, 3.63) is 29.8 Å². The van der Waals surface area contributed by atoms with Crippen LogP contribution in [-0.2, 0) is 14.8 Å². The van der Waals surface area contributed by atoms with E-state index in [4.69, 9.17) is 0 Å². The van der Waals surface area contributed by atoms with Crippen LogP contribution in [0.25, 0.3) is 0 Å². The van der Waals surface area contributed by atoms with Crippen molar-refractivity contribution in [2.45, 2.75) is 38.6 Å². The van der Waals surface area contributed by atoms with Gasteiger partial charge in [-0.25, -0.2) is 8.42 Å². The lowest BCUT2D eigenvalue weighted by Gasteiger charge is -2.18. The Morgan fingerprint density at radius 3 is 2.37 bits per heavy atom. The van der Waals surface area contributed by atoms with Gasteiger partial charge in [0.15, 0.2) is 0 Å². The van der Waals surface area contributed by atoms with Crippen LogP contribution in [0.4, 0.5) is 0 Å². The van der Waals surface area contributed by atoms with Crippen LogP contribution < -0.4 is 16.0 Å². The smallest absolute Gasteiger partial charge is 0.251 e. The highest BCUT2D eigenvalue weighted by molar-refractivity contribution is 7.89. The Kier molecular flexibility index (Phi) is 9.40. The van der Waals surface area contributed by atoms with Gasteiger partial charge in [0.2, 0.25) is 15.9 Å². The number of benzene rings is 1. The maximum Gasteiger partial charge on any atom is 0.251 e. The molecule has 152 valence electrons. The predicted molar refractivity (Wildman–Crippen MR) is 105 cm³/mol. The van der Waals surface area contributed by atoms with Gasteiger partial charge in [0.1, 0.15) is 0 Å². The van der Waals surface area contributed by atoms with E-state index in [-0.39, 0.29) is 29.0 Å². The van der Waals surface area contributed by atoms with Crippen LogP contribution in [0.2, 0.25) is 0 Å². The van der Waals surface area contributed by atoms with Crippen molar-refractivity contribution in [1.29, 1.82) is 0 Å². The lowest BCUT2D eigenvalue weighted by molar-refractivity contribution is -0.120. The summed E-state index contributed by atoms with van der Waals surface area (Å²) in [5, 5.41) is 8.40. The summed E-state index contributed by atoms with van der Waals surface area (Å²) in [4.78, 5) is 24.1. The minimum atomic E-state index is -3.65. The summed E-state index contributed by atoms with van der Waals surface area (Å²) in [5.41, 5.74) is 0.192. The van der Waals surface area contributed by atoms with Crippen LogP contribution in [0.5, 0.6) is 0 Å². The molecule has 1 atom stereocenters. The van der Waals surface area contributed by atoms with Crippen LogP contribution in [-0.4, -0.2) is 63.3 Å². The number of nitrogens with zero attached hydrogens (tertiary/aromatic N) is 1. The molecule has 1 rings (SSSR count). The van der Waals surface area contributed by atoms with Crippen LogP contribution in [0, 0.1) is 0 Å². The molecule has 2 amide bonds. The van der Waals surface area contributed by atoms with Crippen molar-refractivity contribution < 1.29 is 18.0 Å². The molecule has 0 saturated carbocycles. The molecule has 27 heavy (non-hydrogen) atoms. The van der Waals surface area contributed by atoms with Gasteiger partial charge < -0.3 is 16.0 Å². The topological polar surface area (TPSA) is 108 Å². The van der Waals surface area contributed by atoms with E-state index in [2.05, 4.69) is 16.0 Å². The summed E-state index contributed by atoms with van der Waals surface area (Å²) in [6.07, 6.45) is 0. The average molecular weight is 399 g/mol. The van der Waals surface area contributed by atoms with E-state index < -0.39 is 15.9 Å². The van der Waals surface area contributed by atoms with Crippen molar-refractivity contribution in [3.8, 4) is 0 Å². The average Bonchev–Trinajstić information content (AvgIpc) is 2.65. The highest BCUT2D eigenvalue weighted by Crippen LogP contribution is 2.16. The van der Waals surface area contributed by atoms with E-state index in [1.54, 1.807) is 13.8 Å². The number of hydrogen-bond acceptors (Lipinski definition) is 5. The van der Waals surface area contributed by atoms with Crippen LogP contribution in [0.15, 0.2) is 29.2 Å². The fourth-order valence-corrected chi connectivity index (χ4v) is 4.03. The van der Waals surface area contributed by atoms with Gasteiger partial charge in [0.25, 0.3) is 5.91 Å². The van der Waals surface area contributed by atoms with E-state index in [1.807, 2.05) is 13.8 Å². The van der Waals surface area contributed by atoms with Crippen molar-refractivity contribution >= 4 is 21.8 Å². The molecule has 9 heteroatoms. The van der Waals surface area contributed by atoms with E-state index in [9.17, 15) is 18.0 Å². The number of carbonyl (C=O) groups excluding carboxylic acids is 2. The largest absolute Gasteiger partial charge is 0.353 e. The summed E-state index contributed by atoms with van der Waals surface area (Å²) >= 11 is 0. The zero-order valence-electron chi connectivity index (χ0n) is 16.4. The first-order valence-electron chi connectivity index (χ1n) is 9.14. The first-order valence-corrected chi connectivity index (χ1v) is 10.6. The van der Waals surface area contributed by atoms with Crippen molar-refractivity contribution in [3.63, 3.8) is 0 Å². The molecule has 1 aromatic carbocycles. The van der Waals surface area contributed by atoms with Gasteiger partial charge in [-0.05, 0) is 31.7 Å². The maximum absolute atomic E-state index is 12.6. The van der Waals surface area contributed by atoms with Crippen molar-refractivity contribution in [1.82, 2.24) is 20.3 Å². The quantitative estimate of drug-likeness (QED) is 0.505. The molecule has 8 nitrogen and oxygen atoms in total. The molecule has 0 saturated heterocycles. The number of sulfonamides is 1. The molecule has 0 aromatic heterocycles. The number of rotatable bonds is 11. The Morgan fingerprint density at radius 1 is 1.11 bits per heavy atom. The molecule has 0 spiro atoms. The zero-order chi connectivity index (χ0) is 20.4. The summed E-state index contributed by atoms with van der Waals surface area (Å²) in [7, 11) is -3.65. The Balaban J connectivity index is 2.70. The highest BCUT2D eigenvalue weighted by Gasteiger charge is 2.22. The standard InChI is InChI=1S/C18H30N4O4S/c1-5-19-14(4)12-20-17(23)13-21-18(24)15-9-8-10-16(11-15)27(25,26)22(6-2)7-3/h8-11,14,19H,5-7,12-13H2,1-4H3,(H,20,23)(H,21,24)/t14-/m1/s1. The zero-order valence-corrected chi connectivity index (χ0v) is 17.2. The second-order valence-electron chi connectivity index (χ2n) is 6.06. The fourth-order valence-electron chi connectivity index (χ4n) is 2.52. The second-order valence-corrected chi connectivity index (χ2v) is 8.00. The van der Waals surface area contributed by atoms with Crippen molar-refractivity contribution in [2.75, 3.05) is 32.7 Å². The van der Waals surface area contributed by atoms with E-state index in [0.717, 1.165) is 6.54 Å². The molecular weight excluding hydrogens is 368 g/mol. The molecule has 3 N–H and O–H groups in total. The van der Waals surface area contributed by atoms with E-state index >= 15 is 0 Å². The number of carbonyl (C=O) groups is 2. The molecular formula is C18H30N4O4S. The highest BCUT2D eigenvalue weighted by atomic mass is 32.2. The Labute approximate surface area is 161 Å². The van der Waals surface area contributed by atoms with E-state index in [1.165, 1.54) is 28.6 Å². The third-order valence-corrected chi connectivity index (χ3v) is 6.05. The summed E-state index contributed by atoms with van der Waals surface area (Å²) < 4.78 is 26.4.